The first kappa shape index (κ1) is 14.7. The third-order valence-electron chi connectivity index (χ3n) is 5.45. The molecule has 2 aromatic carbocycles. The summed E-state index contributed by atoms with van der Waals surface area (Å²) >= 11 is 0. The van der Waals surface area contributed by atoms with Crippen LogP contribution < -0.4 is 10.2 Å². The number of ether oxygens (including phenoxy) is 1. The number of amides is 2. The second-order valence-corrected chi connectivity index (χ2v) is 6.90. The van der Waals surface area contributed by atoms with Crippen LogP contribution in [0.15, 0.2) is 54.6 Å². The molecule has 5 heteroatoms. The fourth-order valence-corrected chi connectivity index (χ4v) is 4.38. The summed E-state index contributed by atoms with van der Waals surface area (Å²) in [7, 11) is 0. The number of anilines is 3. The molecule has 0 unspecified atom stereocenters. The minimum atomic E-state index is -0.294. The summed E-state index contributed by atoms with van der Waals surface area (Å²) in [6, 6.07) is 17.3. The van der Waals surface area contributed by atoms with Gasteiger partial charge in [-0.1, -0.05) is 24.3 Å². The number of rotatable bonds is 3. The number of carbonyl (C=O) groups excluding carboxylic acids is 2. The summed E-state index contributed by atoms with van der Waals surface area (Å²) in [4.78, 5) is 27.1. The molecule has 5 nitrogen and oxygen atoms in total. The van der Waals surface area contributed by atoms with Crippen LogP contribution in [0.4, 0.5) is 17.1 Å². The predicted octanol–water partition coefficient (Wildman–Crippen LogP) is 3.10. The molecule has 0 radical (unpaired) electrons. The molecule has 3 fully saturated rings. The van der Waals surface area contributed by atoms with Gasteiger partial charge >= 0.3 is 0 Å². The molecule has 4 atom stereocenters. The van der Waals surface area contributed by atoms with Gasteiger partial charge in [-0.15, -0.1) is 0 Å². The fourth-order valence-electron chi connectivity index (χ4n) is 4.38. The molecule has 3 heterocycles. The van der Waals surface area contributed by atoms with Crippen LogP contribution in [0.1, 0.15) is 12.8 Å². The van der Waals surface area contributed by atoms with Gasteiger partial charge in [-0.05, 0) is 43.2 Å². The van der Waals surface area contributed by atoms with Gasteiger partial charge in [0.25, 0.3) is 0 Å². The molecule has 2 aromatic rings. The highest BCUT2D eigenvalue weighted by atomic mass is 16.5. The largest absolute Gasteiger partial charge is 0.373 e. The molecule has 0 saturated carbocycles. The van der Waals surface area contributed by atoms with Gasteiger partial charge < -0.3 is 10.1 Å². The molecule has 0 aliphatic carbocycles. The number of nitrogens with one attached hydrogen (secondary N) is 1. The highest BCUT2D eigenvalue weighted by Gasteiger charge is 2.62. The van der Waals surface area contributed by atoms with Crippen molar-refractivity contribution in [1.82, 2.24) is 0 Å². The number of fused-ring (bicyclic) bond motifs is 5. The van der Waals surface area contributed by atoms with Crippen molar-refractivity contribution in [3.05, 3.63) is 54.6 Å². The van der Waals surface area contributed by atoms with Gasteiger partial charge in [0.05, 0.1) is 29.7 Å². The smallest absolute Gasteiger partial charge is 0.240 e. The summed E-state index contributed by atoms with van der Waals surface area (Å²) < 4.78 is 5.79. The second-order valence-electron chi connectivity index (χ2n) is 6.90. The molecule has 0 spiro atoms. The first-order chi connectivity index (χ1) is 12.2. The Hall–Kier alpha value is -2.66. The van der Waals surface area contributed by atoms with Crippen LogP contribution in [0.5, 0.6) is 0 Å². The Kier molecular flexibility index (Phi) is 3.18. The van der Waals surface area contributed by atoms with Crippen molar-refractivity contribution in [2.45, 2.75) is 25.0 Å². The van der Waals surface area contributed by atoms with Crippen molar-refractivity contribution in [3.63, 3.8) is 0 Å². The van der Waals surface area contributed by atoms with E-state index in [4.69, 9.17) is 4.74 Å². The van der Waals surface area contributed by atoms with Gasteiger partial charge in [-0.2, -0.15) is 0 Å². The number of benzene rings is 2. The first-order valence-electron chi connectivity index (χ1n) is 8.68. The van der Waals surface area contributed by atoms with Gasteiger partial charge in [0, 0.05) is 11.4 Å². The van der Waals surface area contributed by atoms with Crippen LogP contribution >= 0.6 is 0 Å². The van der Waals surface area contributed by atoms with Gasteiger partial charge in [-0.25, -0.2) is 4.90 Å². The maximum atomic E-state index is 12.9. The van der Waals surface area contributed by atoms with E-state index in [0.717, 1.165) is 24.2 Å². The topological polar surface area (TPSA) is 58.6 Å². The third kappa shape index (κ3) is 2.19. The fraction of sp³-hybridized carbons (Fsp3) is 0.300. The molecule has 5 rings (SSSR count). The van der Waals surface area contributed by atoms with E-state index in [1.807, 2.05) is 54.6 Å². The van der Waals surface area contributed by atoms with Crippen LogP contribution in [0.25, 0.3) is 0 Å². The highest BCUT2D eigenvalue weighted by Crippen LogP contribution is 2.49. The molecule has 126 valence electrons. The maximum Gasteiger partial charge on any atom is 0.240 e. The average molecular weight is 334 g/mol. The molecule has 3 aliphatic rings. The summed E-state index contributed by atoms with van der Waals surface area (Å²) in [5.41, 5.74) is 2.44. The Morgan fingerprint density at radius 1 is 0.840 bits per heavy atom. The third-order valence-corrected chi connectivity index (χ3v) is 5.45. The van der Waals surface area contributed by atoms with Crippen molar-refractivity contribution in [2.75, 3.05) is 10.2 Å². The quantitative estimate of drug-likeness (QED) is 0.876. The van der Waals surface area contributed by atoms with Gasteiger partial charge in [0.1, 0.15) is 0 Å². The molecule has 1 N–H and O–H groups in total. The van der Waals surface area contributed by atoms with E-state index in [1.165, 1.54) is 4.90 Å². The number of imide groups is 1. The van der Waals surface area contributed by atoms with Crippen LogP contribution in [0.2, 0.25) is 0 Å². The summed E-state index contributed by atoms with van der Waals surface area (Å²) in [5, 5.41) is 3.30. The molecule has 3 aliphatic heterocycles. The Bertz CT molecular complexity index is 823. The van der Waals surface area contributed by atoms with Crippen LogP contribution in [-0.4, -0.2) is 24.0 Å². The van der Waals surface area contributed by atoms with E-state index in [2.05, 4.69) is 5.32 Å². The summed E-state index contributed by atoms with van der Waals surface area (Å²) in [6.45, 7) is 0. The predicted molar refractivity (Wildman–Crippen MR) is 93.5 cm³/mol. The summed E-state index contributed by atoms with van der Waals surface area (Å²) in [6.07, 6.45) is 1.60. The monoisotopic (exact) mass is 334 g/mol. The second kappa shape index (κ2) is 5.43. The van der Waals surface area contributed by atoms with Crippen molar-refractivity contribution < 1.29 is 14.3 Å². The normalized spacial score (nSPS) is 30.0. The molecule has 3 saturated heterocycles. The van der Waals surface area contributed by atoms with Crippen LogP contribution in [0, 0.1) is 11.8 Å². The lowest BCUT2D eigenvalue weighted by molar-refractivity contribution is -0.124. The SMILES string of the molecule is O=C1[C@@H]2[C@@H](C(=O)N1c1cccc(Nc3ccccc3)c1)[C@H]1CC[C@H]2O1. The van der Waals surface area contributed by atoms with Crippen molar-refractivity contribution in [1.29, 1.82) is 0 Å². The van der Waals surface area contributed by atoms with E-state index in [1.54, 1.807) is 0 Å². The average Bonchev–Trinajstić information content (AvgIpc) is 3.30. The van der Waals surface area contributed by atoms with Crippen molar-refractivity contribution >= 4 is 28.9 Å². The lowest BCUT2D eigenvalue weighted by atomic mass is 9.81. The molecular formula is C20H18N2O3. The minimum Gasteiger partial charge on any atom is -0.373 e. The Labute approximate surface area is 145 Å². The zero-order valence-corrected chi connectivity index (χ0v) is 13.6. The summed E-state index contributed by atoms with van der Waals surface area (Å²) in [5.74, 6) is -0.813. The van der Waals surface area contributed by atoms with E-state index in [-0.39, 0.29) is 35.9 Å². The number of hydrogen-bond acceptors (Lipinski definition) is 4. The highest BCUT2D eigenvalue weighted by molar-refractivity contribution is 6.23. The van der Waals surface area contributed by atoms with Gasteiger partial charge in [-0.3, -0.25) is 9.59 Å². The Morgan fingerprint density at radius 2 is 1.48 bits per heavy atom. The lowest BCUT2D eigenvalue weighted by Crippen LogP contribution is -2.34. The molecule has 25 heavy (non-hydrogen) atoms. The maximum absolute atomic E-state index is 12.9. The van der Waals surface area contributed by atoms with Gasteiger partial charge in [0.15, 0.2) is 0 Å². The molecule has 2 bridgehead atoms. The molecule has 2 amide bonds. The van der Waals surface area contributed by atoms with E-state index in [9.17, 15) is 9.59 Å². The Morgan fingerprint density at radius 3 is 2.16 bits per heavy atom. The van der Waals surface area contributed by atoms with E-state index in [0.29, 0.717) is 5.69 Å². The zero-order valence-electron chi connectivity index (χ0n) is 13.6. The lowest BCUT2D eigenvalue weighted by Gasteiger charge is -2.18. The van der Waals surface area contributed by atoms with E-state index >= 15 is 0 Å². The van der Waals surface area contributed by atoms with Gasteiger partial charge in [0.2, 0.25) is 11.8 Å². The van der Waals surface area contributed by atoms with Crippen LogP contribution in [-0.2, 0) is 14.3 Å². The first-order valence-corrected chi connectivity index (χ1v) is 8.68. The molecular weight excluding hydrogens is 316 g/mol. The number of para-hydroxylation sites is 1. The number of carbonyl (C=O) groups is 2. The van der Waals surface area contributed by atoms with E-state index < -0.39 is 0 Å². The number of nitrogens with zero attached hydrogens (tertiary/aromatic N) is 1. The van der Waals surface area contributed by atoms with Crippen molar-refractivity contribution in [2.24, 2.45) is 11.8 Å². The van der Waals surface area contributed by atoms with Crippen molar-refractivity contribution in [3.8, 4) is 0 Å². The standard InChI is InChI=1S/C20H18N2O3/c23-19-17-15-9-10-16(25-15)18(17)20(24)22(19)14-8-4-7-13(11-14)21-12-5-2-1-3-6-12/h1-8,11,15-18,21H,9-10H2/t15-,16-,17+,18+/m1/s1. The van der Waals surface area contributed by atoms with Crippen LogP contribution in [0.3, 0.4) is 0 Å². The number of hydrogen-bond donors (Lipinski definition) is 1. The molecule has 0 aromatic heterocycles. The minimum absolute atomic E-state index is 0.0814. The zero-order chi connectivity index (χ0) is 17.0. The Balaban J connectivity index is 1.45.